The Balaban J connectivity index is 1.48. The van der Waals surface area contributed by atoms with Gasteiger partial charge in [-0.2, -0.15) is 0 Å². The number of carboxylic acids is 1. The van der Waals surface area contributed by atoms with E-state index in [-0.39, 0.29) is 12.3 Å². The molecular weight excluding hydrogens is 442 g/mol. The molecule has 35 heavy (non-hydrogen) atoms. The first kappa shape index (κ1) is 23.7. The van der Waals surface area contributed by atoms with Crippen molar-refractivity contribution in [1.29, 1.82) is 0 Å². The third-order valence-corrected chi connectivity index (χ3v) is 5.73. The Labute approximate surface area is 203 Å². The highest BCUT2D eigenvalue weighted by atomic mass is 16.6. The predicted molar refractivity (Wildman–Crippen MR) is 134 cm³/mol. The lowest BCUT2D eigenvalue weighted by Crippen LogP contribution is -2.12. The van der Waals surface area contributed by atoms with Gasteiger partial charge in [0.05, 0.1) is 18.3 Å². The molecule has 1 atom stereocenters. The van der Waals surface area contributed by atoms with Crippen LogP contribution in [0.5, 0.6) is 0 Å². The number of hydrogen-bond acceptors (Lipinski definition) is 6. The number of aromatic nitrogens is 3. The molecule has 0 aliphatic rings. The number of oxime groups is 1. The number of rotatable bonds is 10. The summed E-state index contributed by atoms with van der Waals surface area (Å²) in [5.41, 5.74) is 6.41. The summed E-state index contributed by atoms with van der Waals surface area (Å²) in [6.45, 7) is 0.618. The zero-order chi connectivity index (χ0) is 24.6. The fourth-order valence-corrected chi connectivity index (χ4v) is 4.01. The van der Waals surface area contributed by atoms with Crippen molar-refractivity contribution in [3.05, 3.63) is 113 Å². The number of anilines is 1. The summed E-state index contributed by atoms with van der Waals surface area (Å²) in [6, 6.07) is 25.9. The fraction of sp³-hybridized carbons (Fsp3) is 0.185. The van der Waals surface area contributed by atoms with E-state index < -0.39 is 5.97 Å². The minimum Gasteiger partial charge on any atom is -0.481 e. The summed E-state index contributed by atoms with van der Waals surface area (Å²) >= 11 is 0. The second kappa shape index (κ2) is 11.1. The molecule has 0 amide bonds. The van der Waals surface area contributed by atoms with Crippen molar-refractivity contribution in [2.45, 2.75) is 18.9 Å². The van der Waals surface area contributed by atoms with Crippen LogP contribution in [0.15, 0.2) is 90.2 Å². The Morgan fingerprint density at radius 1 is 1.06 bits per heavy atom. The number of nitrogens with zero attached hydrogens (tertiary/aromatic N) is 4. The highest BCUT2D eigenvalue weighted by molar-refractivity contribution is 6.12. The van der Waals surface area contributed by atoms with Crippen LogP contribution in [0.1, 0.15) is 40.3 Å². The summed E-state index contributed by atoms with van der Waals surface area (Å²) < 4.78 is 1.61. The van der Waals surface area contributed by atoms with E-state index in [1.807, 2.05) is 66.7 Å². The minimum absolute atomic E-state index is 0.0342. The van der Waals surface area contributed by atoms with Crippen LogP contribution in [-0.4, -0.2) is 38.9 Å². The molecule has 8 heteroatoms. The van der Waals surface area contributed by atoms with E-state index in [1.165, 1.54) is 0 Å². The number of benzene rings is 3. The molecule has 0 aliphatic carbocycles. The lowest BCUT2D eigenvalue weighted by molar-refractivity contribution is -0.137. The fourth-order valence-electron chi connectivity index (χ4n) is 4.01. The zero-order valence-corrected chi connectivity index (χ0v) is 19.6. The summed E-state index contributed by atoms with van der Waals surface area (Å²) in [7, 11) is 3.31. The molecule has 0 spiro atoms. The normalized spacial score (nSPS) is 12.2. The minimum atomic E-state index is -0.870. The van der Waals surface area contributed by atoms with E-state index in [0.717, 1.165) is 39.3 Å². The maximum atomic E-state index is 11.4. The maximum Gasteiger partial charge on any atom is 0.304 e. The standard InChI is InChI=1S/C27H27N5O3/c1-32-25(18-29-31-32)24(16-26(33)34)20-11-13-23(14-12-20)28-17-19-7-6-10-22(15-19)27(30-35-2)21-8-4-3-5-9-21/h3-15,18,24,28H,16-17H2,1-2H3,(H,33,34). The van der Waals surface area contributed by atoms with Gasteiger partial charge in [0.1, 0.15) is 12.8 Å². The lowest BCUT2D eigenvalue weighted by atomic mass is 9.92. The first-order chi connectivity index (χ1) is 17.0. The Morgan fingerprint density at radius 3 is 2.46 bits per heavy atom. The highest BCUT2D eigenvalue weighted by Crippen LogP contribution is 2.28. The molecule has 1 heterocycles. The summed E-state index contributed by atoms with van der Waals surface area (Å²) in [4.78, 5) is 16.5. The quantitative estimate of drug-likeness (QED) is 0.263. The maximum absolute atomic E-state index is 11.4. The van der Waals surface area contributed by atoms with Crippen LogP contribution in [0.4, 0.5) is 5.69 Å². The molecule has 0 saturated carbocycles. The van der Waals surface area contributed by atoms with Crippen molar-refractivity contribution in [1.82, 2.24) is 15.0 Å². The third kappa shape index (κ3) is 5.92. The SMILES string of the molecule is CON=C(c1ccccc1)c1cccc(CNc2ccc(C(CC(=O)O)c3cnnn3C)cc2)c1. The van der Waals surface area contributed by atoms with Crippen LogP contribution in [-0.2, 0) is 23.2 Å². The Morgan fingerprint density at radius 2 is 1.80 bits per heavy atom. The molecule has 2 N–H and O–H groups in total. The average Bonchev–Trinajstić information content (AvgIpc) is 3.31. The van der Waals surface area contributed by atoms with Gasteiger partial charge in [-0.3, -0.25) is 9.48 Å². The second-order valence-electron chi connectivity index (χ2n) is 8.10. The van der Waals surface area contributed by atoms with Crippen LogP contribution < -0.4 is 5.32 Å². The van der Waals surface area contributed by atoms with Crippen LogP contribution in [0.25, 0.3) is 0 Å². The van der Waals surface area contributed by atoms with E-state index in [1.54, 1.807) is 25.0 Å². The third-order valence-electron chi connectivity index (χ3n) is 5.73. The van der Waals surface area contributed by atoms with E-state index in [4.69, 9.17) is 4.84 Å². The molecule has 0 bridgehead atoms. The van der Waals surface area contributed by atoms with Crippen LogP contribution in [0.2, 0.25) is 0 Å². The highest BCUT2D eigenvalue weighted by Gasteiger charge is 2.21. The van der Waals surface area contributed by atoms with E-state index in [2.05, 4.69) is 32.9 Å². The Bertz CT molecular complexity index is 1300. The van der Waals surface area contributed by atoms with Crippen LogP contribution >= 0.6 is 0 Å². The first-order valence-electron chi connectivity index (χ1n) is 11.2. The average molecular weight is 470 g/mol. The Kier molecular flexibility index (Phi) is 7.52. The molecule has 0 aliphatic heterocycles. The van der Waals surface area contributed by atoms with Crippen molar-refractivity contribution < 1.29 is 14.7 Å². The van der Waals surface area contributed by atoms with E-state index >= 15 is 0 Å². The van der Waals surface area contributed by atoms with Crippen molar-refractivity contribution in [3.8, 4) is 0 Å². The van der Waals surface area contributed by atoms with Crippen molar-refractivity contribution >= 4 is 17.4 Å². The van der Waals surface area contributed by atoms with Gasteiger partial charge in [-0.25, -0.2) is 0 Å². The Hall–Kier alpha value is -4.46. The van der Waals surface area contributed by atoms with Crippen molar-refractivity contribution in [2.75, 3.05) is 12.4 Å². The number of nitrogens with one attached hydrogen (secondary N) is 1. The predicted octanol–water partition coefficient (Wildman–Crippen LogP) is 4.43. The molecule has 0 fully saturated rings. The number of carboxylic acid groups (broad SMARTS) is 1. The van der Waals surface area contributed by atoms with E-state index in [9.17, 15) is 9.90 Å². The van der Waals surface area contributed by atoms with Gasteiger partial charge < -0.3 is 15.3 Å². The van der Waals surface area contributed by atoms with Gasteiger partial charge in [0.25, 0.3) is 0 Å². The summed E-state index contributed by atoms with van der Waals surface area (Å²) in [5, 5.41) is 24.9. The van der Waals surface area contributed by atoms with Gasteiger partial charge in [-0.05, 0) is 29.3 Å². The van der Waals surface area contributed by atoms with Crippen molar-refractivity contribution in [2.24, 2.45) is 12.2 Å². The van der Waals surface area contributed by atoms with Crippen LogP contribution in [0.3, 0.4) is 0 Å². The zero-order valence-electron chi connectivity index (χ0n) is 19.6. The molecular formula is C27H27N5O3. The smallest absolute Gasteiger partial charge is 0.304 e. The summed E-state index contributed by atoms with van der Waals surface area (Å²) in [6.07, 6.45) is 1.58. The number of aliphatic carboxylic acids is 1. The molecule has 4 aromatic rings. The molecule has 3 aromatic carbocycles. The van der Waals surface area contributed by atoms with Crippen LogP contribution in [0, 0.1) is 0 Å². The van der Waals surface area contributed by atoms with E-state index in [0.29, 0.717) is 6.54 Å². The molecule has 178 valence electrons. The molecule has 0 saturated heterocycles. The largest absolute Gasteiger partial charge is 0.481 e. The van der Waals surface area contributed by atoms with Gasteiger partial charge in [0, 0.05) is 36.3 Å². The van der Waals surface area contributed by atoms with Gasteiger partial charge in [-0.15, -0.1) is 5.10 Å². The first-order valence-corrected chi connectivity index (χ1v) is 11.2. The van der Waals surface area contributed by atoms with Crippen molar-refractivity contribution in [3.63, 3.8) is 0 Å². The lowest BCUT2D eigenvalue weighted by Gasteiger charge is -2.16. The molecule has 8 nitrogen and oxygen atoms in total. The molecule has 0 radical (unpaired) electrons. The second-order valence-corrected chi connectivity index (χ2v) is 8.10. The topological polar surface area (TPSA) is 102 Å². The van der Waals surface area contributed by atoms with Gasteiger partial charge in [0.15, 0.2) is 0 Å². The number of hydrogen-bond donors (Lipinski definition) is 2. The van der Waals surface area contributed by atoms with Gasteiger partial charge in [-0.1, -0.05) is 71.0 Å². The monoisotopic (exact) mass is 469 g/mol. The number of aryl methyl sites for hydroxylation is 1. The number of carbonyl (C=O) groups is 1. The molecule has 1 aromatic heterocycles. The molecule has 4 rings (SSSR count). The van der Waals surface area contributed by atoms with Gasteiger partial charge in [0.2, 0.25) is 0 Å². The summed E-state index contributed by atoms with van der Waals surface area (Å²) in [5.74, 6) is -1.19. The van der Waals surface area contributed by atoms with Gasteiger partial charge >= 0.3 is 5.97 Å². The molecule has 1 unspecified atom stereocenters.